The summed E-state index contributed by atoms with van der Waals surface area (Å²) in [6, 6.07) is 13.5. The van der Waals surface area contributed by atoms with Crippen molar-refractivity contribution in [2.75, 3.05) is 0 Å². The second kappa shape index (κ2) is 8.45. The molecule has 2 atom stereocenters. The molecule has 2 aromatic rings. The predicted octanol–water partition coefficient (Wildman–Crippen LogP) is 5.19. The zero-order valence-corrected chi connectivity index (χ0v) is 15.4. The summed E-state index contributed by atoms with van der Waals surface area (Å²) in [5.74, 6) is 0.138. The maximum atomic E-state index is 13.7. The summed E-state index contributed by atoms with van der Waals surface area (Å²) in [4.78, 5) is 0. The van der Waals surface area contributed by atoms with E-state index in [1.165, 1.54) is 12.1 Å². The van der Waals surface area contributed by atoms with Gasteiger partial charge in [-0.3, -0.25) is 0 Å². The van der Waals surface area contributed by atoms with Gasteiger partial charge in [-0.25, -0.2) is 4.39 Å². The minimum atomic E-state index is -1.56. The van der Waals surface area contributed by atoms with Gasteiger partial charge >= 0.3 is 0 Å². The molecule has 0 N–H and O–H groups in total. The van der Waals surface area contributed by atoms with E-state index in [-0.39, 0.29) is 5.82 Å². The minimum absolute atomic E-state index is 0.362. The standard InChI is InChI=1S/C19H22FN2O2S/c1-14(21-22-25(23)19(2,3)4)17-12-16(20)10-11-18(17)24-13-15-8-6-5-7-9-15/h5-12,14H,2,13H2,1,3-4H3/t14-,25-/m0/s1. The van der Waals surface area contributed by atoms with E-state index in [1.807, 2.05) is 30.3 Å². The fourth-order valence-electron chi connectivity index (χ4n) is 2.00. The Morgan fingerprint density at radius 3 is 2.56 bits per heavy atom. The second-order valence-electron chi connectivity index (χ2n) is 6.34. The summed E-state index contributed by atoms with van der Waals surface area (Å²) in [6.07, 6.45) is 0. The highest BCUT2D eigenvalue weighted by atomic mass is 32.2. The van der Waals surface area contributed by atoms with Gasteiger partial charge in [0.1, 0.15) is 40.3 Å². The third-order valence-corrected chi connectivity index (χ3v) is 4.61. The first-order valence-corrected chi connectivity index (χ1v) is 9.02. The molecule has 0 aromatic heterocycles. The van der Waals surface area contributed by atoms with Gasteiger partial charge in [0.15, 0.2) is 0 Å². The number of benzene rings is 2. The molecule has 0 unspecified atom stereocenters. The normalized spacial score (nSPS) is 14.5. The first-order valence-electron chi connectivity index (χ1n) is 7.92. The summed E-state index contributed by atoms with van der Waals surface area (Å²) in [5, 5.41) is 4.06. The number of nitrogens with zero attached hydrogens (tertiary/aromatic N) is 2. The molecule has 0 saturated heterocycles. The number of hydrogen-bond donors (Lipinski definition) is 0. The molecule has 0 aliphatic rings. The molecule has 133 valence electrons. The summed E-state index contributed by atoms with van der Waals surface area (Å²) in [6.45, 7) is 9.31. The number of hydrogen-bond acceptors (Lipinski definition) is 4. The monoisotopic (exact) mass is 361 g/mol. The lowest BCUT2D eigenvalue weighted by Crippen LogP contribution is -2.25. The van der Waals surface area contributed by atoms with Crippen molar-refractivity contribution < 1.29 is 13.7 Å². The van der Waals surface area contributed by atoms with E-state index >= 15 is 0 Å². The first-order chi connectivity index (χ1) is 11.8. The van der Waals surface area contributed by atoms with Crippen molar-refractivity contribution in [1.29, 1.82) is 0 Å². The maximum Gasteiger partial charge on any atom is 0.149 e. The molecule has 4 nitrogen and oxygen atoms in total. The highest BCUT2D eigenvalue weighted by Gasteiger charge is 2.27. The van der Waals surface area contributed by atoms with Crippen LogP contribution >= 0.6 is 0 Å². The van der Waals surface area contributed by atoms with Crippen LogP contribution in [0.5, 0.6) is 5.75 Å². The Bertz CT molecular complexity index is 717. The molecule has 0 bridgehead atoms. The van der Waals surface area contributed by atoms with Crippen LogP contribution in [-0.2, 0) is 18.0 Å². The molecule has 1 radical (unpaired) electrons. The highest BCUT2D eigenvalue weighted by Crippen LogP contribution is 2.30. The summed E-state index contributed by atoms with van der Waals surface area (Å²) < 4.78 is 34.5. The van der Waals surface area contributed by atoms with Crippen LogP contribution in [0, 0.1) is 12.7 Å². The molecule has 2 aromatic carbocycles. The number of halogens is 1. The molecule has 0 fully saturated rings. The summed E-state index contributed by atoms with van der Waals surface area (Å²) in [5.41, 5.74) is 1.56. The quantitative estimate of drug-likeness (QED) is 0.503. The highest BCUT2D eigenvalue weighted by molar-refractivity contribution is 7.91. The molecule has 0 aliphatic heterocycles. The van der Waals surface area contributed by atoms with Gasteiger partial charge in [0, 0.05) is 17.0 Å². The van der Waals surface area contributed by atoms with Crippen molar-refractivity contribution in [3.8, 4) is 5.75 Å². The second-order valence-corrected chi connectivity index (χ2v) is 8.11. The molecule has 0 aliphatic carbocycles. The van der Waals surface area contributed by atoms with Crippen molar-refractivity contribution in [3.63, 3.8) is 0 Å². The molecule has 0 saturated carbocycles. The van der Waals surface area contributed by atoms with Gasteiger partial charge in [-0.05, 0) is 44.5 Å². The Balaban J connectivity index is 2.16. The van der Waals surface area contributed by atoms with E-state index in [0.29, 0.717) is 17.9 Å². The summed E-state index contributed by atoms with van der Waals surface area (Å²) in [7, 11) is 0. The van der Waals surface area contributed by atoms with Crippen LogP contribution < -0.4 is 4.74 Å². The predicted molar refractivity (Wildman–Crippen MR) is 98.0 cm³/mol. The summed E-state index contributed by atoms with van der Waals surface area (Å²) >= 11 is -1.56. The van der Waals surface area contributed by atoms with Gasteiger partial charge in [-0.1, -0.05) is 30.3 Å². The van der Waals surface area contributed by atoms with Crippen molar-refractivity contribution in [2.24, 2.45) is 9.63 Å². The molecule has 25 heavy (non-hydrogen) atoms. The van der Waals surface area contributed by atoms with E-state index < -0.39 is 22.2 Å². The van der Waals surface area contributed by atoms with Crippen LogP contribution in [0.1, 0.15) is 37.9 Å². The molecule has 0 spiro atoms. The van der Waals surface area contributed by atoms with Crippen LogP contribution in [0.25, 0.3) is 0 Å². The molecule has 0 heterocycles. The molecule has 6 heteroatoms. The van der Waals surface area contributed by atoms with Gasteiger partial charge in [0.2, 0.25) is 0 Å². The molecular formula is C19H22FN2O2S. The Morgan fingerprint density at radius 2 is 1.92 bits per heavy atom. The lowest BCUT2D eigenvalue weighted by atomic mass is 10.1. The maximum absolute atomic E-state index is 13.7. The zero-order valence-electron chi connectivity index (χ0n) is 14.6. The van der Waals surface area contributed by atoms with Gasteiger partial charge in [-0.2, -0.15) is 0 Å². The fraction of sp³-hybridized carbons (Fsp3) is 0.316. The lowest BCUT2D eigenvalue weighted by molar-refractivity contribution is 0.300. The van der Waals surface area contributed by atoms with Crippen LogP contribution in [0.4, 0.5) is 4.39 Å². The van der Waals surface area contributed by atoms with Crippen molar-refractivity contribution in [1.82, 2.24) is 0 Å². The van der Waals surface area contributed by atoms with Crippen LogP contribution in [-0.4, -0.2) is 9.30 Å². The molecule has 0 amide bonds. The van der Waals surface area contributed by atoms with E-state index in [1.54, 1.807) is 26.8 Å². The first kappa shape index (κ1) is 19.4. The van der Waals surface area contributed by atoms with Crippen molar-refractivity contribution >= 4 is 11.4 Å². The fourth-order valence-corrected chi connectivity index (χ4v) is 2.45. The third-order valence-electron chi connectivity index (χ3n) is 3.43. The van der Waals surface area contributed by atoms with Gasteiger partial charge in [0.25, 0.3) is 0 Å². The van der Waals surface area contributed by atoms with Gasteiger partial charge < -0.3 is 9.29 Å². The van der Waals surface area contributed by atoms with E-state index in [4.69, 9.17) is 4.74 Å². The third kappa shape index (κ3) is 5.83. The topological polar surface area (TPSA) is 57.0 Å². The average Bonchev–Trinajstić information content (AvgIpc) is 2.58. The number of ether oxygens (including phenoxy) is 1. The molecular weight excluding hydrogens is 339 g/mol. The average molecular weight is 361 g/mol. The minimum Gasteiger partial charge on any atom is -0.589 e. The lowest BCUT2D eigenvalue weighted by Gasteiger charge is -2.17. The van der Waals surface area contributed by atoms with Crippen LogP contribution in [0.2, 0.25) is 0 Å². The van der Waals surface area contributed by atoms with Crippen molar-refractivity contribution in [3.05, 3.63) is 72.4 Å². The Hall–Kier alpha value is -1.92. The molecule has 2 rings (SSSR count). The van der Waals surface area contributed by atoms with E-state index in [2.05, 4.69) is 16.6 Å². The Morgan fingerprint density at radius 1 is 1.24 bits per heavy atom. The number of rotatable bonds is 7. The van der Waals surface area contributed by atoms with Crippen LogP contribution in [0.3, 0.4) is 0 Å². The van der Waals surface area contributed by atoms with Crippen LogP contribution in [0.15, 0.2) is 58.2 Å². The SMILES string of the molecule is [CH2]C(C)(C)[S@+]([O-])N=N[C@@H](C)c1cc(F)ccc1OCc1ccccc1. The van der Waals surface area contributed by atoms with E-state index in [0.717, 1.165) is 5.56 Å². The zero-order chi connectivity index (χ0) is 18.4. The Labute approximate surface area is 151 Å². The smallest absolute Gasteiger partial charge is 0.149 e. The van der Waals surface area contributed by atoms with Crippen molar-refractivity contribution in [2.45, 2.75) is 38.2 Å². The van der Waals surface area contributed by atoms with Gasteiger partial charge in [-0.15, -0.1) is 5.11 Å². The van der Waals surface area contributed by atoms with E-state index in [9.17, 15) is 8.94 Å². The Kier molecular flexibility index (Phi) is 6.56. The van der Waals surface area contributed by atoms with Gasteiger partial charge in [0.05, 0.1) is 0 Å². The largest absolute Gasteiger partial charge is 0.589 e.